The lowest BCUT2D eigenvalue weighted by Crippen LogP contribution is -1.80. The van der Waals surface area contributed by atoms with Crippen LogP contribution in [0.25, 0.3) is 22.2 Å². The van der Waals surface area contributed by atoms with Gasteiger partial charge in [-0.3, -0.25) is 0 Å². The highest BCUT2D eigenvalue weighted by atomic mass is 16.3. The largest absolute Gasteiger partial charge is 0.379 e. The molecule has 1 heterocycles. The van der Waals surface area contributed by atoms with Gasteiger partial charge in [-0.15, -0.1) is 0 Å². The van der Waals surface area contributed by atoms with Gasteiger partial charge >= 0.3 is 11.2 Å². The van der Waals surface area contributed by atoms with Gasteiger partial charge < -0.3 is 0 Å². The van der Waals surface area contributed by atoms with Gasteiger partial charge in [0.1, 0.15) is 0 Å². The molecule has 66 valence electrons. The average Bonchev–Trinajstić information content (AvgIpc) is 2.26. The fourth-order valence-electron chi connectivity index (χ4n) is 1.52. The van der Waals surface area contributed by atoms with Crippen molar-refractivity contribution in [1.82, 2.24) is 4.98 Å². The molecule has 1 aromatic heterocycles. The predicted octanol–water partition coefficient (Wildman–Crippen LogP) is 3.26. The summed E-state index contributed by atoms with van der Waals surface area (Å²) in [7, 11) is 0. The molecule has 0 bridgehead atoms. The third-order valence-electron chi connectivity index (χ3n) is 2.19. The Kier molecular flexibility index (Phi) is 1.47. The Balaban J connectivity index is 2.52. The van der Waals surface area contributed by atoms with Crippen LogP contribution in [0.5, 0.6) is 0 Å². The fourth-order valence-corrected chi connectivity index (χ4v) is 1.52. The summed E-state index contributed by atoms with van der Waals surface area (Å²) in [5, 5.41) is 0. The van der Waals surface area contributed by atoms with Crippen LogP contribution in [0, 0.1) is 0 Å². The van der Waals surface area contributed by atoms with E-state index >= 15 is 0 Å². The van der Waals surface area contributed by atoms with Crippen LogP contribution in [-0.2, 0) is 0 Å². The summed E-state index contributed by atoms with van der Waals surface area (Å²) in [6.07, 6.45) is 0. The maximum atomic E-state index is 5.68. The molecule has 2 aromatic carbocycles. The summed E-state index contributed by atoms with van der Waals surface area (Å²) in [6.45, 7) is 0. The molecule has 0 spiro atoms. The van der Waals surface area contributed by atoms with Crippen LogP contribution >= 0.6 is 0 Å². The molecule has 0 unspecified atom stereocenters. The number of nitrogens with zero attached hydrogens (tertiary/aromatic N) is 1. The van der Waals surface area contributed by atoms with E-state index in [0.717, 1.165) is 22.2 Å². The minimum Gasteiger partial charge on any atom is -0.229 e. The molecule has 2 heteroatoms. The van der Waals surface area contributed by atoms with E-state index in [2.05, 4.69) is 4.98 Å². The van der Waals surface area contributed by atoms with Crippen LogP contribution in [-0.4, -0.2) is 4.98 Å². The zero-order chi connectivity index (χ0) is 9.38. The van der Waals surface area contributed by atoms with Crippen LogP contribution in [0.3, 0.4) is 0 Å². The number of hydrogen-bond donors (Lipinski definition) is 0. The zero-order valence-corrected chi connectivity index (χ0v) is 7.47. The van der Waals surface area contributed by atoms with Gasteiger partial charge in [-0.25, -0.2) is 9.40 Å². The number of fused-ring (bicyclic) bond motifs is 2. The molecule has 0 aliphatic rings. The minimum atomic E-state index is 0.825. The monoisotopic (exact) mass is 182 g/mol. The van der Waals surface area contributed by atoms with Crippen molar-refractivity contribution in [2.24, 2.45) is 0 Å². The summed E-state index contributed by atoms with van der Waals surface area (Å²) in [5.74, 6) is 0. The molecule has 0 radical (unpaired) electrons. The summed E-state index contributed by atoms with van der Waals surface area (Å²) >= 11 is 0. The highest BCUT2D eigenvalue weighted by Gasteiger charge is 2.10. The lowest BCUT2D eigenvalue weighted by atomic mass is 10.3. The quantitative estimate of drug-likeness (QED) is 0.393. The van der Waals surface area contributed by atoms with Crippen LogP contribution in [0.2, 0.25) is 0 Å². The van der Waals surface area contributed by atoms with Crippen molar-refractivity contribution in [3.63, 3.8) is 0 Å². The number of para-hydroxylation sites is 4. The second-order valence-electron chi connectivity index (χ2n) is 3.15. The second-order valence-corrected chi connectivity index (χ2v) is 3.15. The zero-order valence-electron chi connectivity index (χ0n) is 7.47. The van der Waals surface area contributed by atoms with Crippen molar-refractivity contribution in [3.05, 3.63) is 48.5 Å². The van der Waals surface area contributed by atoms with Crippen molar-refractivity contribution in [1.29, 1.82) is 0 Å². The maximum absolute atomic E-state index is 5.68. The van der Waals surface area contributed by atoms with Gasteiger partial charge in [0.25, 0.3) is 0 Å². The highest BCUT2D eigenvalue weighted by molar-refractivity contribution is 5.82. The molecule has 0 atom stereocenters. The highest BCUT2D eigenvalue weighted by Crippen LogP contribution is 2.18. The summed E-state index contributed by atoms with van der Waals surface area (Å²) in [4.78, 5) is 4.48. The van der Waals surface area contributed by atoms with E-state index in [1.807, 2.05) is 48.5 Å². The molecule has 0 N–H and O–H groups in total. The Labute approximate surface area is 80.8 Å². The van der Waals surface area contributed by atoms with E-state index in [4.69, 9.17) is 4.42 Å². The lowest BCUT2D eigenvalue weighted by Gasteiger charge is -1.89. The lowest BCUT2D eigenvalue weighted by molar-refractivity contribution is 0.657. The van der Waals surface area contributed by atoms with Crippen molar-refractivity contribution in [3.8, 4) is 0 Å². The van der Waals surface area contributed by atoms with Gasteiger partial charge in [0.2, 0.25) is 0 Å². The molecule has 0 aliphatic heterocycles. The molecule has 2 nitrogen and oxygen atoms in total. The van der Waals surface area contributed by atoms with Crippen LogP contribution in [0.15, 0.2) is 52.9 Å². The molecule has 3 aromatic rings. The number of aromatic nitrogens is 1. The Morgan fingerprint density at radius 3 is 1.79 bits per heavy atom. The normalized spacial score (nSPS) is 10.9. The SMILES string of the molecule is c1ccc2[o+]c3ccccc3nc2c1. The first-order valence-corrected chi connectivity index (χ1v) is 4.51. The van der Waals surface area contributed by atoms with E-state index in [-0.39, 0.29) is 0 Å². The average molecular weight is 182 g/mol. The number of hydrogen-bond acceptors (Lipinski definition) is 1. The maximum Gasteiger partial charge on any atom is 0.379 e. The van der Waals surface area contributed by atoms with Crippen molar-refractivity contribution >= 4 is 22.2 Å². The van der Waals surface area contributed by atoms with E-state index in [9.17, 15) is 0 Å². The number of benzene rings is 2. The van der Waals surface area contributed by atoms with Gasteiger partial charge in [-0.05, 0) is 12.1 Å². The van der Waals surface area contributed by atoms with Crippen LogP contribution < -0.4 is 0 Å². The standard InChI is InChI=1S/C12H8NO/c1-3-7-11-9(5-1)13-10-6-2-4-8-12(10)14-11/h1-8H/q+1. The van der Waals surface area contributed by atoms with Gasteiger partial charge in [-0.2, -0.15) is 0 Å². The molecule has 0 fully saturated rings. The van der Waals surface area contributed by atoms with Gasteiger partial charge in [0.15, 0.2) is 11.0 Å². The van der Waals surface area contributed by atoms with Crippen molar-refractivity contribution in [2.45, 2.75) is 0 Å². The molecule has 0 saturated heterocycles. The Morgan fingerprint density at radius 1 is 0.714 bits per heavy atom. The van der Waals surface area contributed by atoms with E-state index in [0.29, 0.717) is 0 Å². The van der Waals surface area contributed by atoms with E-state index in [1.165, 1.54) is 0 Å². The molecule has 14 heavy (non-hydrogen) atoms. The molecule has 0 aliphatic carbocycles. The Bertz CT molecular complexity index is 499. The third-order valence-corrected chi connectivity index (χ3v) is 2.19. The molecule has 3 rings (SSSR count). The fraction of sp³-hybridized carbons (Fsp3) is 0. The first kappa shape index (κ1) is 7.44. The third kappa shape index (κ3) is 1.04. The summed E-state index contributed by atoms with van der Waals surface area (Å²) in [5.41, 5.74) is 3.44. The van der Waals surface area contributed by atoms with E-state index in [1.54, 1.807) is 0 Å². The smallest absolute Gasteiger partial charge is 0.229 e. The first-order chi connectivity index (χ1) is 6.93. The predicted molar refractivity (Wildman–Crippen MR) is 55.9 cm³/mol. The van der Waals surface area contributed by atoms with E-state index < -0.39 is 0 Å². The molecule has 0 saturated carbocycles. The molecular weight excluding hydrogens is 174 g/mol. The second kappa shape index (κ2) is 2.77. The summed E-state index contributed by atoms with van der Waals surface area (Å²) in [6, 6.07) is 15.6. The minimum absolute atomic E-state index is 0.825. The van der Waals surface area contributed by atoms with Crippen molar-refractivity contribution < 1.29 is 4.42 Å². The number of rotatable bonds is 0. The summed E-state index contributed by atoms with van der Waals surface area (Å²) < 4.78 is 5.68. The van der Waals surface area contributed by atoms with Crippen molar-refractivity contribution in [2.75, 3.05) is 0 Å². The first-order valence-electron chi connectivity index (χ1n) is 4.51. The topological polar surface area (TPSA) is 24.2 Å². The van der Waals surface area contributed by atoms with Gasteiger partial charge in [-0.1, -0.05) is 24.3 Å². The van der Waals surface area contributed by atoms with Crippen LogP contribution in [0.1, 0.15) is 0 Å². The molecule has 0 amide bonds. The van der Waals surface area contributed by atoms with Gasteiger partial charge in [0.05, 0.1) is 0 Å². The Hall–Kier alpha value is -1.96. The molecular formula is C12H8NO+. The van der Waals surface area contributed by atoms with Gasteiger partial charge in [0, 0.05) is 12.1 Å². The van der Waals surface area contributed by atoms with Crippen LogP contribution in [0.4, 0.5) is 0 Å². The Morgan fingerprint density at radius 2 is 1.21 bits per heavy atom.